The smallest absolute Gasteiger partial charge is 0.317 e. The van der Waals surface area contributed by atoms with E-state index in [1.54, 1.807) is 6.20 Å². The number of urea groups is 1. The van der Waals surface area contributed by atoms with E-state index >= 15 is 0 Å². The summed E-state index contributed by atoms with van der Waals surface area (Å²) in [5, 5.41) is 3.05. The van der Waals surface area contributed by atoms with Crippen LogP contribution in [0.25, 0.3) is 0 Å². The number of carbonyl (C=O) groups excluding carboxylic acids is 1. The zero-order chi connectivity index (χ0) is 18.4. The standard InChI is InChI=1S/C19H31N5O2/c1-16(2)14-22-11-12-26-17(15-22)13-21-19(25)24-9-7-23(8-10-24)18-5-3-4-6-20-18/h3-6,16-17H,7-15H2,1-2H3,(H,21,25). The monoisotopic (exact) mass is 361 g/mol. The topological polar surface area (TPSA) is 60.9 Å². The van der Waals surface area contributed by atoms with Crippen molar-refractivity contribution in [1.29, 1.82) is 0 Å². The van der Waals surface area contributed by atoms with Gasteiger partial charge in [0.05, 0.1) is 12.7 Å². The molecule has 1 N–H and O–H groups in total. The lowest BCUT2D eigenvalue weighted by Crippen LogP contribution is -2.54. The molecule has 3 rings (SSSR count). The third-order valence-electron chi connectivity index (χ3n) is 4.87. The second-order valence-corrected chi connectivity index (χ2v) is 7.49. The average Bonchev–Trinajstić information content (AvgIpc) is 2.67. The molecule has 7 heteroatoms. The van der Waals surface area contributed by atoms with Crippen LogP contribution in [0.2, 0.25) is 0 Å². The van der Waals surface area contributed by atoms with Crippen LogP contribution in [0.1, 0.15) is 13.8 Å². The number of amides is 2. The molecular formula is C19H31N5O2. The highest BCUT2D eigenvalue weighted by Crippen LogP contribution is 2.13. The van der Waals surface area contributed by atoms with Gasteiger partial charge in [-0.15, -0.1) is 0 Å². The lowest BCUT2D eigenvalue weighted by atomic mass is 10.2. The van der Waals surface area contributed by atoms with Gasteiger partial charge in [0.2, 0.25) is 0 Å². The van der Waals surface area contributed by atoms with Crippen molar-refractivity contribution in [1.82, 2.24) is 20.1 Å². The molecule has 0 bridgehead atoms. The number of aromatic nitrogens is 1. The van der Waals surface area contributed by atoms with Crippen molar-refractivity contribution in [3.05, 3.63) is 24.4 Å². The first-order valence-corrected chi connectivity index (χ1v) is 9.64. The van der Waals surface area contributed by atoms with Crippen LogP contribution in [0, 0.1) is 5.92 Å². The number of hydrogen-bond donors (Lipinski definition) is 1. The van der Waals surface area contributed by atoms with Crippen LogP contribution in [0.3, 0.4) is 0 Å². The second kappa shape index (κ2) is 9.19. The third kappa shape index (κ3) is 5.32. The lowest BCUT2D eigenvalue weighted by Gasteiger charge is -2.36. The first-order valence-electron chi connectivity index (χ1n) is 9.64. The van der Waals surface area contributed by atoms with Gasteiger partial charge in [-0.1, -0.05) is 19.9 Å². The number of nitrogens with one attached hydrogen (secondary N) is 1. The third-order valence-corrected chi connectivity index (χ3v) is 4.87. The number of morpholine rings is 1. The Hall–Kier alpha value is -1.86. The summed E-state index contributed by atoms with van der Waals surface area (Å²) in [6.45, 7) is 11.8. The first kappa shape index (κ1) is 18.9. The Morgan fingerprint density at radius 1 is 1.27 bits per heavy atom. The fraction of sp³-hybridized carbons (Fsp3) is 0.684. The summed E-state index contributed by atoms with van der Waals surface area (Å²) in [6.07, 6.45) is 1.89. The van der Waals surface area contributed by atoms with Gasteiger partial charge in [-0.05, 0) is 18.1 Å². The van der Waals surface area contributed by atoms with Crippen LogP contribution in [-0.4, -0.2) is 85.9 Å². The SMILES string of the molecule is CC(C)CN1CCOC(CNC(=O)N2CCN(c3ccccn3)CC2)C1. The van der Waals surface area contributed by atoms with Crippen LogP contribution in [-0.2, 0) is 4.74 Å². The van der Waals surface area contributed by atoms with E-state index in [1.807, 2.05) is 23.1 Å². The fourth-order valence-corrected chi connectivity index (χ4v) is 3.58. The van der Waals surface area contributed by atoms with E-state index in [2.05, 4.69) is 33.9 Å². The molecule has 1 atom stereocenters. The molecule has 2 aliphatic rings. The predicted octanol–water partition coefficient (Wildman–Crippen LogP) is 1.27. The molecule has 1 aromatic rings. The van der Waals surface area contributed by atoms with Gasteiger partial charge >= 0.3 is 6.03 Å². The molecule has 2 aliphatic heterocycles. The van der Waals surface area contributed by atoms with Gasteiger partial charge in [-0.2, -0.15) is 0 Å². The van der Waals surface area contributed by atoms with Gasteiger partial charge in [0.25, 0.3) is 0 Å². The van der Waals surface area contributed by atoms with Crippen LogP contribution < -0.4 is 10.2 Å². The Kier molecular flexibility index (Phi) is 6.68. The van der Waals surface area contributed by atoms with Crippen LogP contribution in [0.4, 0.5) is 10.6 Å². The number of hydrogen-bond acceptors (Lipinski definition) is 5. The average molecular weight is 361 g/mol. The van der Waals surface area contributed by atoms with Gasteiger partial charge < -0.3 is 19.9 Å². The van der Waals surface area contributed by atoms with Gasteiger partial charge in [-0.25, -0.2) is 9.78 Å². The molecule has 3 heterocycles. The minimum atomic E-state index is 0.00949. The maximum Gasteiger partial charge on any atom is 0.317 e. The van der Waals surface area contributed by atoms with E-state index in [1.165, 1.54) is 0 Å². The predicted molar refractivity (Wildman–Crippen MR) is 102 cm³/mol. The van der Waals surface area contributed by atoms with E-state index in [9.17, 15) is 4.79 Å². The van der Waals surface area contributed by atoms with Crippen molar-refractivity contribution in [2.24, 2.45) is 5.92 Å². The molecule has 26 heavy (non-hydrogen) atoms. The molecule has 0 radical (unpaired) electrons. The van der Waals surface area contributed by atoms with Crippen LogP contribution in [0.5, 0.6) is 0 Å². The summed E-state index contributed by atoms with van der Waals surface area (Å²) in [5.41, 5.74) is 0. The quantitative estimate of drug-likeness (QED) is 0.856. The summed E-state index contributed by atoms with van der Waals surface area (Å²) in [7, 11) is 0. The van der Waals surface area contributed by atoms with Crippen molar-refractivity contribution < 1.29 is 9.53 Å². The number of nitrogens with zero attached hydrogens (tertiary/aromatic N) is 4. The molecule has 0 spiro atoms. The minimum Gasteiger partial charge on any atom is -0.374 e. The number of rotatable bonds is 5. The second-order valence-electron chi connectivity index (χ2n) is 7.49. The van der Waals surface area contributed by atoms with Gasteiger partial charge in [0.15, 0.2) is 0 Å². The summed E-state index contributed by atoms with van der Waals surface area (Å²) < 4.78 is 5.81. The first-order chi connectivity index (χ1) is 12.6. The summed E-state index contributed by atoms with van der Waals surface area (Å²) in [4.78, 5) is 23.4. The molecule has 144 valence electrons. The van der Waals surface area contributed by atoms with E-state index in [0.717, 1.165) is 45.1 Å². The Morgan fingerprint density at radius 3 is 2.77 bits per heavy atom. The molecule has 0 aliphatic carbocycles. The molecule has 7 nitrogen and oxygen atoms in total. The van der Waals surface area contributed by atoms with Gasteiger partial charge in [-0.3, -0.25) is 4.90 Å². The van der Waals surface area contributed by atoms with E-state index < -0.39 is 0 Å². The number of ether oxygens (including phenoxy) is 1. The molecular weight excluding hydrogens is 330 g/mol. The molecule has 1 unspecified atom stereocenters. The van der Waals surface area contributed by atoms with Gasteiger partial charge in [0.1, 0.15) is 5.82 Å². The van der Waals surface area contributed by atoms with Crippen molar-refractivity contribution in [3.63, 3.8) is 0 Å². The molecule has 0 aromatic carbocycles. The number of piperazine rings is 1. The molecule has 0 saturated carbocycles. The zero-order valence-corrected chi connectivity index (χ0v) is 15.9. The molecule has 2 fully saturated rings. The highest BCUT2D eigenvalue weighted by atomic mass is 16.5. The normalized spacial score (nSPS) is 21.9. The summed E-state index contributed by atoms with van der Waals surface area (Å²) in [5.74, 6) is 1.63. The Bertz CT molecular complexity index is 560. The fourth-order valence-electron chi connectivity index (χ4n) is 3.58. The Labute approximate surface area is 156 Å². The molecule has 2 amide bonds. The Balaban J connectivity index is 1.39. The Morgan fingerprint density at radius 2 is 2.08 bits per heavy atom. The van der Waals surface area contributed by atoms with E-state index in [0.29, 0.717) is 25.6 Å². The van der Waals surface area contributed by atoms with Crippen LogP contribution in [0.15, 0.2) is 24.4 Å². The highest BCUT2D eigenvalue weighted by Gasteiger charge is 2.24. The van der Waals surface area contributed by atoms with Crippen molar-refractivity contribution in [2.45, 2.75) is 20.0 Å². The number of pyridine rings is 1. The zero-order valence-electron chi connectivity index (χ0n) is 15.9. The molecule has 1 aromatic heterocycles. The summed E-state index contributed by atoms with van der Waals surface area (Å²) in [6, 6.07) is 5.94. The lowest BCUT2D eigenvalue weighted by molar-refractivity contribution is -0.0294. The van der Waals surface area contributed by atoms with Gasteiger partial charge in [0, 0.05) is 58.6 Å². The van der Waals surface area contributed by atoms with Crippen molar-refractivity contribution in [3.8, 4) is 0 Å². The largest absolute Gasteiger partial charge is 0.374 e. The number of carbonyl (C=O) groups is 1. The van der Waals surface area contributed by atoms with E-state index in [-0.39, 0.29) is 12.1 Å². The summed E-state index contributed by atoms with van der Waals surface area (Å²) >= 11 is 0. The maximum atomic E-state index is 12.5. The number of anilines is 1. The highest BCUT2D eigenvalue weighted by molar-refractivity contribution is 5.74. The van der Waals surface area contributed by atoms with Crippen molar-refractivity contribution in [2.75, 3.05) is 63.9 Å². The van der Waals surface area contributed by atoms with E-state index in [4.69, 9.17) is 4.74 Å². The molecule has 2 saturated heterocycles. The van der Waals surface area contributed by atoms with Crippen molar-refractivity contribution >= 4 is 11.8 Å². The van der Waals surface area contributed by atoms with Crippen LogP contribution >= 0.6 is 0 Å². The minimum absolute atomic E-state index is 0.00949. The maximum absolute atomic E-state index is 12.5.